The van der Waals surface area contributed by atoms with Crippen molar-refractivity contribution in [1.29, 1.82) is 0 Å². The lowest BCUT2D eigenvalue weighted by Crippen LogP contribution is -2.36. The Morgan fingerprint density at radius 3 is 2.21 bits per heavy atom. The summed E-state index contributed by atoms with van der Waals surface area (Å²) < 4.78 is 11.8. The van der Waals surface area contributed by atoms with Gasteiger partial charge in [-0.1, -0.05) is 28.5 Å². The molecule has 3 aromatic rings. The fraction of sp³-hybridized carbons (Fsp3) is 0.364. The second-order valence-corrected chi connectivity index (χ2v) is 8.26. The van der Waals surface area contributed by atoms with Gasteiger partial charge >= 0.3 is 0 Å². The summed E-state index contributed by atoms with van der Waals surface area (Å²) in [6.07, 6.45) is 0. The van der Waals surface area contributed by atoms with Gasteiger partial charge in [0.05, 0.1) is 14.2 Å². The fourth-order valence-electron chi connectivity index (χ4n) is 3.23. The third kappa shape index (κ3) is 4.52. The van der Waals surface area contributed by atoms with E-state index in [0.717, 1.165) is 28.1 Å². The van der Waals surface area contributed by atoms with Crippen molar-refractivity contribution in [1.82, 2.24) is 9.88 Å². The maximum Gasteiger partial charge on any atom is 0.260 e. The Hall–Kier alpha value is -2.64. The summed E-state index contributed by atoms with van der Waals surface area (Å²) in [4.78, 5) is 22.0. The van der Waals surface area contributed by atoms with E-state index in [-0.39, 0.29) is 5.91 Å². The highest BCUT2D eigenvalue weighted by molar-refractivity contribution is 7.22. The summed E-state index contributed by atoms with van der Waals surface area (Å²) in [7, 11) is 7.23. The summed E-state index contributed by atoms with van der Waals surface area (Å²) in [6.45, 7) is 5.26. The number of fused-ring (bicyclic) bond motifs is 1. The van der Waals surface area contributed by atoms with E-state index in [1.165, 1.54) is 11.3 Å². The number of hydrogen-bond donors (Lipinski definition) is 0. The van der Waals surface area contributed by atoms with E-state index < -0.39 is 0 Å². The van der Waals surface area contributed by atoms with Gasteiger partial charge in [0, 0.05) is 18.7 Å². The highest BCUT2D eigenvalue weighted by Gasteiger charge is 2.24. The average Bonchev–Trinajstić information content (AvgIpc) is 3.11. The van der Waals surface area contributed by atoms with E-state index in [1.807, 2.05) is 52.2 Å². The third-order valence-electron chi connectivity index (χ3n) is 4.61. The van der Waals surface area contributed by atoms with Crippen molar-refractivity contribution in [2.45, 2.75) is 13.8 Å². The lowest BCUT2D eigenvalue weighted by molar-refractivity contribution is 0.0985. The maximum absolute atomic E-state index is 13.5. The minimum Gasteiger partial charge on any atom is -0.495 e. The summed E-state index contributed by atoms with van der Waals surface area (Å²) in [5.74, 6) is 1.32. The number of nitrogens with zero attached hydrogens (tertiary/aromatic N) is 3. The minimum absolute atomic E-state index is 0.0596. The Balaban J connectivity index is 2.10. The number of carbonyl (C=O) groups is 1. The molecule has 1 amide bonds. The second-order valence-electron chi connectivity index (χ2n) is 7.28. The van der Waals surface area contributed by atoms with Crippen molar-refractivity contribution in [2.24, 2.45) is 0 Å². The number of methoxy groups -OCH3 is 2. The second kappa shape index (κ2) is 8.80. The molecule has 0 atom stereocenters. The number of thiazole rings is 1. The number of benzene rings is 2. The van der Waals surface area contributed by atoms with Gasteiger partial charge in [-0.2, -0.15) is 0 Å². The molecule has 0 saturated carbocycles. The summed E-state index contributed by atoms with van der Waals surface area (Å²) in [5, 5.41) is 0.633. The highest BCUT2D eigenvalue weighted by Crippen LogP contribution is 2.40. The van der Waals surface area contributed by atoms with Crippen LogP contribution in [0.2, 0.25) is 0 Å². The molecule has 0 fully saturated rings. The highest BCUT2D eigenvalue weighted by atomic mass is 32.1. The smallest absolute Gasteiger partial charge is 0.260 e. The first-order chi connectivity index (χ1) is 13.8. The van der Waals surface area contributed by atoms with Gasteiger partial charge in [-0.05, 0) is 52.2 Å². The number of aromatic nitrogens is 1. The maximum atomic E-state index is 13.5. The first kappa shape index (κ1) is 21.1. The van der Waals surface area contributed by atoms with Gasteiger partial charge < -0.3 is 14.4 Å². The van der Waals surface area contributed by atoms with Crippen LogP contribution in [0.25, 0.3) is 10.2 Å². The minimum atomic E-state index is -0.0596. The summed E-state index contributed by atoms with van der Waals surface area (Å²) in [6, 6.07) is 9.60. The molecule has 3 rings (SSSR count). The summed E-state index contributed by atoms with van der Waals surface area (Å²) >= 11 is 1.44. The molecule has 0 aliphatic heterocycles. The molecular weight excluding hydrogens is 386 g/mol. The van der Waals surface area contributed by atoms with Crippen LogP contribution in [0.1, 0.15) is 21.5 Å². The Morgan fingerprint density at radius 1 is 1.00 bits per heavy atom. The first-order valence-electron chi connectivity index (χ1n) is 9.40. The van der Waals surface area contributed by atoms with Crippen LogP contribution in [0.5, 0.6) is 11.5 Å². The average molecular weight is 414 g/mol. The van der Waals surface area contributed by atoms with Crippen LogP contribution < -0.4 is 14.4 Å². The fourth-order valence-corrected chi connectivity index (χ4v) is 4.33. The van der Waals surface area contributed by atoms with E-state index in [0.29, 0.717) is 28.5 Å². The monoisotopic (exact) mass is 413 g/mol. The van der Waals surface area contributed by atoms with Gasteiger partial charge in [0.15, 0.2) is 5.13 Å². The van der Waals surface area contributed by atoms with Crippen LogP contribution >= 0.6 is 11.3 Å². The Labute approximate surface area is 175 Å². The van der Waals surface area contributed by atoms with Crippen LogP contribution in [0.15, 0.2) is 30.3 Å². The lowest BCUT2D eigenvalue weighted by Gasteiger charge is -2.22. The molecule has 0 N–H and O–H groups in total. The number of rotatable bonds is 7. The number of ether oxygens (including phenoxy) is 2. The predicted molar refractivity (Wildman–Crippen MR) is 119 cm³/mol. The van der Waals surface area contributed by atoms with Crippen LogP contribution in [0.3, 0.4) is 0 Å². The van der Waals surface area contributed by atoms with Gasteiger partial charge in [0.1, 0.15) is 21.7 Å². The molecule has 0 aliphatic carbocycles. The van der Waals surface area contributed by atoms with Gasteiger partial charge in [-0.15, -0.1) is 0 Å². The number of aryl methyl sites for hydroxylation is 2. The van der Waals surface area contributed by atoms with E-state index in [1.54, 1.807) is 19.1 Å². The Kier molecular flexibility index (Phi) is 6.39. The molecule has 0 radical (unpaired) electrons. The van der Waals surface area contributed by atoms with Crippen LogP contribution in [-0.4, -0.2) is 57.2 Å². The predicted octanol–water partition coefficient (Wildman–Crippen LogP) is 4.14. The molecule has 0 unspecified atom stereocenters. The molecule has 2 aromatic carbocycles. The zero-order valence-electron chi connectivity index (χ0n) is 17.8. The van der Waals surface area contributed by atoms with Crippen molar-refractivity contribution in [3.8, 4) is 11.5 Å². The first-order valence-corrected chi connectivity index (χ1v) is 10.2. The largest absolute Gasteiger partial charge is 0.495 e. The number of amides is 1. The topological polar surface area (TPSA) is 54.9 Å². The molecule has 0 bridgehead atoms. The quantitative estimate of drug-likeness (QED) is 0.583. The van der Waals surface area contributed by atoms with Gasteiger partial charge in [-0.25, -0.2) is 4.98 Å². The standard InChI is InChI=1S/C22H27N3O3S/c1-14-11-15(2)13-16(12-14)21(26)25(10-9-24(3)4)22-23-19-17(27-5)7-8-18(28-6)20(19)29-22/h7-8,11-13H,9-10H2,1-6H3. The van der Waals surface area contributed by atoms with E-state index in [4.69, 9.17) is 14.5 Å². The summed E-state index contributed by atoms with van der Waals surface area (Å²) in [5.41, 5.74) is 3.50. The van der Waals surface area contributed by atoms with Crippen molar-refractivity contribution >= 4 is 32.6 Å². The number of carbonyl (C=O) groups excluding carboxylic acids is 1. The molecule has 29 heavy (non-hydrogen) atoms. The van der Waals surface area contributed by atoms with Crippen molar-refractivity contribution in [2.75, 3.05) is 46.3 Å². The molecule has 7 heteroatoms. The number of anilines is 1. The van der Waals surface area contributed by atoms with Crippen LogP contribution in [-0.2, 0) is 0 Å². The number of likely N-dealkylation sites (N-methyl/N-ethyl adjacent to an activating group) is 1. The molecule has 1 aromatic heterocycles. The Bertz CT molecular complexity index is 968. The van der Waals surface area contributed by atoms with Gasteiger partial charge in [-0.3, -0.25) is 9.69 Å². The third-order valence-corrected chi connectivity index (χ3v) is 5.71. The van der Waals surface area contributed by atoms with E-state index >= 15 is 0 Å². The molecule has 0 saturated heterocycles. The normalized spacial score (nSPS) is 11.1. The van der Waals surface area contributed by atoms with Gasteiger partial charge in [0.25, 0.3) is 5.91 Å². The molecule has 6 nitrogen and oxygen atoms in total. The SMILES string of the molecule is COc1ccc(OC)c2sc(N(CCN(C)C)C(=O)c3cc(C)cc(C)c3)nc12. The van der Waals surface area contributed by atoms with E-state index in [2.05, 4.69) is 11.0 Å². The van der Waals surface area contributed by atoms with Crippen LogP contribution in [0.4, 0.5) is 5.13 Å². The van der Waals surface area contributed by atoms with Crippen LogP contribution in [0, 0.1) is 13.8 Å². The van der Waals surface area contributed by atoms with Crippen molar-refractivity contribution in [3.05, 3.63) is 47.0 Å². The molecule has 0 aliphatic rings. The molecule has 154 valence electrons. The van der Waals surface area contributed by atoms with E-state index in [9.17, 15) is 4.79 Å². The zero-order chi connectivity index (χ0) is 21.1. The van der Waals surface area contributed by atoms with Crippen molar-refractivity contribution < 1.29 is 14.3 Å². The lowest BCUT2D eigenvalue weighted by atomic mass is 10.1. The van der Waals surface area contributed by atoms with Gasteiger partial charge in [0.2, 0.25) is 0 Å². The molecule has 1 heterocycles. The van der Waals surface area contributed by atoms with Crippen molar-refractivity contribution in [3.63, 3.8) is 0 Å². The Morgan fingerprint density at radius 2 is 1.62 bits per heavy atom. The molecule has 0 spiro atoms. The molecular formula is C22H27N3O3S. The zero-order valence-corrected chi connectivity index (χ0v) is 18.6. The number of hydrogen-bond acceptors (Lipinski definition) is 6.